The summed E-state index contributed by atoms with van der Waals surface area (Å²) in [5, 5.41) is 2.45. The number of hydrogen-bond donors (Lipinski definition) is 1. The zero-order chi connectivity index (χ0) is 23.8. The number of ether oxygens (including phenoxy) is 1. The molecule has 0 unspecified atom stereocenters. The Labute approximate surface area is 199 Å². The van der Waals surface area contributed by atoms with Crippen molar-refractivity contribution in [1.29, 1.82) is 0 Å². The number of aromatic nitrogens is 1. The van der Waals surface area contributed by atoms with Crippen LogP contribution < -0.4 is 9.16 Å². The van der Waals surface area contributed by atoms with Crippen molar-refractivity contribution in [3.8, 4) is 11.5 Å². The van der Waals surface area contributed by atoms with Gasteiger partial charge in [0.25, 0.3) is 8.32 Å². The molecule has 1 heterocycles. The summed E-state index contributed by atoms with van der Waals surface area (Å²) in [7, 11) is -1.99. The lowest BCUT2D eigenvalue weighted by Gasteiger charge is -2.42. The molecule has 33 heavy (non-hydrogen) atoms. The maximum atomic E-state index is 6.92. The number of rotatable bonds is 8. The van der Waals surface area contributed by atoms with Crippen LogP contribution >= 0.6 is 0 Å². The van der Waals surface area contributed by atoms with Gasteiger partial charge in [0.05, 0.1) is 11.0 Å². The topological polar surface area (TPSA) is 34.2 Å². The zero-order valence-electron chi connectivity index (χ0n) is 21.0. The Morgan fingerprint density at radius 2 is 1.39 bits per heavy atom. The molecule has 0 radical (unpaired) electrons. The van der Waals surface area contributed by atoms with E-state index < -0.39 is 8.32 Å². The van der Waals surface area contributed by atoms with Gasteiger partial charge in [-0.1, -0.05) is 71.9 Å². The van der Waals surface area contributed by atoms with E-state index in [-0.39, 0.29) is 0 Å². The fourth-order valence-corrected chi connectivity index (χ4v) is 10.8. The van der Waals surface area contributed by atoms with E-state index in [1.165, 1.54) is 16.3 Å². The van der Waals surface area contributed by atoms with Crippen LogP contribution in [0.4, 0.5) is 0 Å². The highest BCUT2D eigenvalue weighted by Crippen LogP contribution is 2.43. The van der Waals surface area contributed by atoms with Gasteiger partial charge >= 0.3 is 0 Å². The lowest BCUT2D eigenvalue weighted by Crippen LogP contribution is -2.50. The first-order valence-corrected chi connectivity index (χ1v) is 14.3. The molecule has 1 aromatic heterocycles. The molecule has 0 saturated heterocycles. The van der Waals surface area contributed by atoms with Gasteiger partial charge in [0.1, 0.15) is 18.1 Å². The van der Waals surface area contributed by atoms with Crippen molar-refractivity contribution in [3.05, 3.63) is 71.8 Å². The lowest BCUT2D eigenvalue weighted by atomic mass is 10.1. The number of benzene rings is 3. The predicted octanol–water partition coefficient (Wildman–Crippen LogP) is 8.76. The Kier molecular flexibility index (Phi) is 6.58. The molecular weight excluding hydrogens is 422 g/mol. The van der Waals surface area contributed by atoms with E-state index in [9.17, 15) is 0 Å². The highest BCUT2D eigenvalue weighted by Gasteiger charge is 2.47. The van der Waals surface area contributed by atoms with Crippen LogP contribution in [0.2, 0.25) is 16.6 Å². The molecule has 0 aliphatic heterocycles. The minimum absolute atomic E-state index is 0.544. The molecule has 1 N–H and O–H groups in total. The smallest absolute Gasteiger partial charge is 0.258 e. The second-order valence-corrected chi connectivity index (χ2v) is 15.6. The molecule has 4 heteroatoms. The second-order valence-electron chi connectivity index (χ2n) is 10.2. The van der Waals surface area contributed by atoms with Gasteiger partial charge in [-0.05, 0) is 52.9 Å². The van der Waals surface area contributed by atoms with Crippen LogP contribution in [0.5, 0.6) is 11.5 Å². The third-order valence-corrected chi connectivity index (χ3v) is 13.1. The molecule has 4 rings (SSSR count). The van der Waals surface area contributed by atoms with Crippen LogP contribution in [0.25, 0.3) is 21.8 Å². The number of fused-ring (bicyclic) bond motifs is 3. The van der Waals surface area contributed by atoms with E-state index in [0.717, 1.165) is 28.1 Å². The van der Waals surface area contributed by atoms with Crippen molar-refractivity contribution < 1.29 is 9.16 Å². The SMILES string of the molecule is Cc1cc2c(cc1OCc1ccccc1)[nH]c1cc(O[Si](C(C)C)(C(C)C)C(C)C)ccc12. The van der Waals surface area contributed by atoms with E-state index in [2.05, 4.69) is 95.9 Å². The first-order valence-electron chi connectivity index (χ1n) is 12.1. The zero-order valence-corrected chi connectivity index (χ0v) is 22.0. The average molecular weight is 460 g/mol. The van der Waals surface area contributed by atoms with Crippen molar-refractivity contribution >= 4 is 30.1 Å². The molecule has 0 spiro atoms. The van der Waals surface area contributed by atoms with Crippen molar-refractivity contribution in [1.82, 2.24) is 4.98 Å². The summed E-state index contributed by atoms with van der Waals surface area (Å²) in [6.07, 6.45) is 0. The maximum Gasteiger partial charge on any atom is 0.258 e. The normalized spacial score (nSPS) is 12.4. The van der Waals surface area contributed by atoms with E-state index >= 15 is 0 Å². The third kappa shape index (κ3) is 4.41. The maximum absolute atomic E-state index is 6.92. The van der Waals surface area contributed by atoms with Gasteiger partial charge in [-0.3, -0.25) is 0 Å². The van der Waals surface area contributed by atoms with E-state index in [1.807, 2.05) is 18.2 Å². The highest BCUT2D eigenvalue weighted by atomic mass is 28.4. The van der Waals surface area contributed by atoms with Gasteiger partial charge < -0.3 is 14.1 Å². The fourth-order valence-electron chi connectivity index (χ4n) is 5.53. The van der Waals surface area contributed by atoms with Gasteiger partial charge in [0, 0.05) is 22.9 Å². The van der Waals surface area contributed by atoms with Crippen LogP contribution in [-0.4, -0.2) is 13.3 Å². The molecule has 3 aromatic carbocycles. The molecule has 0 amide bonds. The van der Waals surface area contributed by atoms with Crippen molar-refractivity contribution in [2.75, 3.05) is 0 Å². The highest BCUT2D eigenvalue weighted by molar-refractivity contribution is 6.78. The third-order valence-electron chi connectivity index (χ3n) is 7.10. The molecule has 0 aliphatic carbocycles. The minimum Gasteiger partial charge on any atom is -0.543 e. The van der Waals surface area contributed by atoms with Crippen LogP contribution in [-0.2, 0) is 6.61 Å². The summed E-state index contributed by atoms with van der Waals surface area (Å²) >= 11 is 0. The molecular formula is C29H37NO2Si. The number of hydrogen-bond acceptors (Lipinski definition) is 2. The van der Waals surface area contributed by atoms with Crippen molar-refractivity contribution in [2.45, 2.75) is 71.7 Å². The minimum atomic E-state index is -1.99. The van der Waals surface area contributed by atoms with Crippen molar-refractivity contribution in [2.24, 2.45) is 0 Å². The van der Waals surface area contributed by atoms with E-state index in [4.69, 9.17) is 9.16 Å². The Bertz CT molecular complexity index is 1220. The van der Waals surface area contributed by atoms with Gasteiger partial charge in [-0.2, -0.15) is 0 Å². The second kappa shape index (κ2) is 9.26. The van der Waals surface area contributed by atoms with Gasteiger partial charge in [-0.15, -0.1) is 0 Å². The molecule has 0 fully saturated rings. The first kappa shape index (κ1) is 23.4. The van der Waals surface area contributed by atoms with E-state index in [1.54, 1.807) is 0 Å². The lowest BCUT2D eigenvalue weighted by molar-refractivity contribution is 0.304. The Morgan fingerprint density at radius 3 is 2.03 bits per heavy atom. The molecule has 4 aromatic rings. The van der Waals surface area contributed by atoms with Crippen LogP contribution in [0, 0.1) is 6.92 Å². The summed E-state index contributed by atoms with van der Waals surface area (Å²) in [4.78, 5) is 3.61. The number of aromatic amines is 1. The number of H-pyrrole nitrogens is 1. The van der Waals surface area contributed by atoms with Crippen LogP contribution in [0.15, 0.2) is 60.7 Å². The molecule has 174 valence electrons. The number of nitrogens with one attached hydrogen (secondary N) is 1. The molecule has 0 atom stereocenters. The van der Waals surface area contributed by atoms with Gasteiger partial charge in [0.2, 0.25) is 0 Å². The fraction of sp³-hybridized carbons (Fsp3) is 0.379. The molecule has 0 saturated carbocycles. The van der Waals surface area contributed by atoms with E-state index in [0.29, 0.717) is 23.2 Å². The average Bonchev–Trinajstić information content (AvgIpc) is 3.12. The Balaban J connectivity index is 1.67. The first-order chi connectivity index (χ1) is 15.7. The summed E-state index contributed by atoms with van der Waals surface area (Å²) in [5.74, 6) is 1.90. The monoisotopic (exact) mass is 459 g/mol. The largest absolute Gasteiger partial charge is 0.543 e. The number of aryl methyl sites for hydroxylation is 1. The summed E-state index contributed by atoms with van der Waals surface area (Å²) < 4.78 is 13.1. The standard InChI is InChI=1S/C29H37NO2Si/c1-19(2)33(20(3)4,21(5)6)32-24-13-14-25-26-15-22(7)29(17-28(26)30-27(25)16-24)31-18-23-11-9-8-10-12-23/h8-17,19-21,30H,18H2,1-7H3. The Hall–Kier alpha value is -2.72. The molecule has 3 nitrogen and oxygen atoms in total. The molecule has 0 bridgehead atoms. The molecule has 0 aliphatic rings. The summed E-state index contributed by atoms with van der Waals surface area (Å²) in [5.41, 5.74) is 6.15. The summed E-state index contributed by atoms with van der Waals surface area (Å²) in [6, 6.07) is 21.2. The van der Waals surface area contributed by atoms with Gasteiger partial charge in [0.15, 0.2) is 0 Å². The van der Waals surface area contributed by atoms with Gasteiger partial charge in [-0.25, -0.2) is 0 Å². The van der Waals surface area contributed by atoms with Crippen LogP contribution in [0.3, 0.4) is 0 Å². The summed E-state index contributed by atoms with van der Waals surface area (Å²) in [6.45, 7) is 16.6. The quantitative estimate of drug-likeness (QED) is 0.267. The Morgan fingerprint density at radius 1 is 0.758 bits per heavy atom. The van der Waals surface area contributed by atoms with Crippen molar-refractivity contribution in [3.63, 3.8) is 0 Å². The van der Waals surface area contributed by atoms with Crippen LogP contribution in [0.1, 0.15) is 52.7 Å². The predicted molar refractivity (Wildman–Crippen MR) is 143 cm³/mol.